The first-order valence-corrected chi connectivity index (χ1v) is 6.32. The summed E-state index contributed by atoms with van der Waals surface area (Å²) in [6.07, 6.45) is 3.22. The molecule has 2 rings (SSSR count). The van der Waals surface area contributed by atoms with Crippen LogP contribution in [0.4, 0.5) is 0 Å². The number of ketones is 1. The number of methoxy groups -OCH3 is 1. The lowest BCUT2D eigenvalue weighted by Crippen LogP contribution is -2.06. The normalized spacial score (nSPS) is 10.3. The third-order valence-electron chi connectivity index (χ3n) is 2.66. The second kappa shape index (κ2) is 6.04. The van der Waals surface area contributed by atoms with Gasteiger partial charge in [0, 0.05) is 22.7 Å². The third-order valence-corrected chi connectivity index (χ3v) is 3.27. The van der Waals surface area contributed by atoms with Crippen LogP contribution in [0.3, 0.4) is 0 Å². The van der Waals surface area contributed by atoms with Crippen LogP contribution < -0.4 is 4.74 Å². The molecule has 1 aromatic carbocycles. The van der Waals surface area contributed by atoms with Gasteiger partial charge in [-0.25, -0.2) is 0 Å². The fraction of sp³-hybridized carbons (Fsp3) is 0.143. The van der Waals surface area contributed by atoms with E-state index in [0.29, 0.717) is 26.9 Å². The van der Waals surface area contributed by atoms with Gasteiger partial charge in [0.25, 0.3) is 0 Å². The molecule has 0 aliphatic rings. The van der Waals surface area contributed by atoms with Crippen LogP contribution in [0.1, 0.15) is 15.9 Å². The number of rotatable bonds is 4. The fourth-order valence-electron chi connectivity index (χ4n) is 1.72. The fourth-order valence-corrected chi connectivity index (χ4v) is 2.10. The molecule has 19 heavy (non-hydrogen) atoms. The Bertz CT molecular complexity index is 614. The lowest BCUT2D eigenvalue weighted by molar-refractivity contribution is 0.0990. The van der Waals surface area contributed by atoms with Crippen LogP contribution in [0, 0.1) is 0 Å². The summed E-state index contributed by atoms with van der Waals surface area (Å²) in [4.78, 5) is 16.2. The molecule has 0 bridgehead atoms. The van der Waals surface area contributed by atoms with E-state index in [1.165, 1.54) is 13.3 Å². The molecular formula is C14H11Cl2NO2. The van der Waals surface area contributed by atoms with E-state index in [9.17, 15) is 4.79 Å². The maximum atomic E-state index is 12.2. The van der Waals surface area contributed by atoms with Gasteiger partial charge in [-0.3, -0.25) is 9.78 Å². The van der Waals surface area contributed by atoms with Gasteiger partial charge < -0.3 is 4.74 Å². The number of aromatic nitrogens is 1. The zero-order valence-corrected chi connectivity index (χ0v) is 11.7. The van der Waals surface area contributed by atoms with Crippen molar-refractivity contribution in [1.82, 2.24) is 4.98 Å². The number of hydrogen-bond acceptors (Lipinski definition) is 3. The Labute approximate surface area is 121 Å². The zero-order chi connectivity index (χ0) is 13.8. The molecule has 0 N–H and O–H groups in total. The molecule has 98 valence electrons. The van der Waals surface area contributed by atoms with E-state index in [1.54, 1.807) is 30.5 Å². The Hall–Kier alpha value is -1.58. The van der Waals surface area contributed by atoms with Crippen molar-refractivity contribution in [2.75, 3.05) is 7.11 Å². The molecule has 5 heteroatoms. The van der Waals surface area contributed by atoms with Crippen molar-refractivity contribution >= 4 is 29.0 Å². The number of Topliss-reactive ketones (excluding diaryl/α,β-unsaturated/α-hetero) is 1. The quantitative estimate of drug-likeness (QED) is 0.805. The predicted molar refractivity (Wildman–Crippen MR) is 75.3 cm³/mol. The average molecular weight is 296 g/mol. The van der Waals surface area contributed by atoms with Crippen LogP contribution in [0.25, 0.3) is 0 Å². The first kappa shape index (κ1) is 13.8. The molecule has 0 spiro atoms. The van der Waals surface area contributed by atoms with Gasteiger partial charge in [0.05, 0.1) is 18.9 Å². The Morgan fingerprint density at radius 2 is 2.11 bits per heavy atom. The summed E-state index contributed by atoms with van der Waals surface area (Å²) in [5, 5.41) is 1.07. The van der Waals surface area contributed by atoms with Crippen molar-refractivity contribution in [3.63, 3.8) is 0 Å². The van der Waals surface area contributed by atoms with E-state index < -0.39 is 0 Å². The zero-order valence-electron chi connectivity index (χ0n) is 10.2. The molecule has 0 aliphatic heterocycles. The lowest BCUT2D eigenvalue weighted by atomic mass is 10.0. The van der Waals surface area contributed by atoms with Crippen LogP contribution in [0.2, 0.25) is 10.0 Å². The van der Waals surface area contributed by atoms with Crippen molar-refractivity contribution in [2.24, 2.45) is 0 Å². The summed E-state index contributed by atoms with van der Waals surface area (Å²) < 4.78 is 5.12. The van der Waals surface area contributed by atoms with Gasteiger partial charge >= 0.3 is 0 Å². The molecule has 2 aromatic rings. The van der Waals surface area contributed by atoms with E-state index in [1.807, 2.05) is 0 Å². The number of benzene rings is 1. The smallest absolute Gasteiger partial charge is 0.171 e. The van der Waals surface area contributed by atoms with Crippen LogP contribution in [-0.4, -0.2) is 17.9 Å². The highest BCUT2D eigenvalue weighted by molar-refractivity contribution is 6.33. The molecule has 0 atom stereocenters. The number of carbonyl (C=O) groups excluding carboxylic acids is 1. The maximum absolute atomic E-state index is 12.2. The molecule has 1 aromatic heterocycles. The first-order valence-electron chi connectivity index (χ1n) is 5.57. The molecule has 1 heterocycles. The van der Waals surface area contributed by atoms with Crippen LogP contribution >= 0.6 is 23.2 Å². The second-order valence-electron chi connectivity index (χ2n) is 3.91. The number of ether oxygens (including phenoxy) is 1. The Morgan fingerprint density at radius 3 is 2.84 bits per heavy atom. The molecule has 3 nitrogen and oxygen atoms in total. The highest BCUT2D eigenvalue weighted by Gasteiger charge is 2.14. The molecular weight excluding hydrogens is 285 g/mol. The topological polar surface area (TPSA) is 39.2 Å². The van der Waals surface area contributed by atoms with Crippen molar-refractivity contribution < 1.29 is 9.53 Å². The minimum atomic E-state index is -0.0941. The van der Waals surface area contributed by atoms with Crippen LogP contribution in [0.5, 0.6) is 5.75 Å². The number of halogens is 2. The number of carbonyl (C=O) groups is 1. The predicted octanol–water partition coefficient (Wildman–Crippen LogP) is 3.82. The lowest BCUT2D eigenvalue weighted by Gasteiger charge is -2.08. The van der Waals surface area contributed by atoms with Gasteiger partial charge in [0.2, 0.25) is 0 Å². The van der Waals surface area contributed by atoms with E-state index in [-0.39, 0.29) is 12.2 Å². The van der Waals surface area contributed by atoms with E-state index in [0.717, 1.165) is 0 Å². The van der Waals surface area contributed by atoms with E-state index in [2.05, 4.69) is 4.98 Å². The molecule has 0 saturated heterocycles. The molecule has 0 saturated carbocycles. The summed E-state index contributed by atoms with van der Waals surface area (Å²) in [5.74, 6) is 0.356. The largest absolute Gasteiger partial charge is 0.494 e. The molecule has 0 radical (unpaired) electrons. The van der Waals surface area contributed by atoms with Crippen LogP contribution in [-0.2, 0) is 6.42 Å². The number of hydrogen-bond donors (Lipinski definition) is 0. The number of pyridine rings is 1. The summed E-state index contributed by atoms with van der Waals surface area (Å²) >= 11 is 11.9. The van der Waals surface area contributed by atoms with Gasteiger partial charge in [-0.2, -0.15) is 0 Å². The highest BCUT2D eigenvalue weighted by atomic mass is 35.5. The molecule has 0 fully saturated rings. The van der Waals surface area contributed by atoms with Crippen molar-refractivity contribution in [3.05, 3.63) is 57.8 Å². The van der Waals surface area contributed by atoms with Crippen molar-refractivity contribution in [1.29, 1.82) is 0 Å². The molecule has 0 unspecified atom stereocenters. The molecule has 0 amide bonds. The van der Waals surface area contributed by atoms with Gasteiger partial charge in [-0.15, -0.1) is 0 Å². The minimum Gasteiger partial charge on any atom is -0.494 e. The van der Waals surface area contributed by atoms with Gasteiger partial charge in [-0.05, 0) is 29.8 Å². The van der Waals surface area contributed by atoms with Crippen LogP contribution in [0.15, 0.2) is 36.7 Å². The van der Waals surface area contributed by atoms with Gasteiger partial charge in [0.1, 0.15) is 5.75 Å². The number of nitrogens with zero attached hydrogens (tertiary/aromatic N) is 1. The SMILES string of the molecule is COc1cnccc1C(=O)Cc1cc(Cl)ccc1Cl. The average Bonchev–Trinajstić information content (AvgIpc) is 2.42. The third kappa shape index (κ3) is 3.25. The van der Waals surface area contributed by atoms with Crippen molar-refractivity contribution in [3.8, 4) is 5.75 Å². The van der Waals surface area contributed by atoms with Crippen molar-refractivity contribution in [2.45, 2.75) is 6.42 Å². The maximum Gasteiger partial charge on any atom is 0.171 e. The summed E-state index contributed by atoms with van der Waals surface area (Å²) in [5.41, 5.74) is 1.17. The summed E-state index contributed by atoms with van der Waals surface area (Å²) in [6, 6.07) is 6.68. The standard InChI is InChI=1S/C14H11Cl2NO2/c1-19-14-8-17-5-4-11(14)13(18)7-9-6-10(15)2-3-12(9)16/h2-6,8H,7H2,1H3. The first-order chi connectivity index (χ1) is 9.11. The van der Waals surface area contributed by atoms with Gasteiger partial charge in [0.15, 0.2) is 5.78 Å². The van der Waals surface area contributed by atoms with E-state index in [4.69, 9.17) is 27.9 Å². The monoisotopic (exact) mass is 295 g/mol. The minimum absolute atomic E-state index is 0.0941. The highest BCUT2D eigenvalue weighted by Crippen LogP contribution is 2.24. The summed E-state index contributed by atoms with van der Waals surface area (Å²) in [6.45, 7) is 0. The van der Waals surface area contributed by atoms with E-state index >= 15 is 0 Å². The molecule has 0 aliphatic carbocycles. The Kier molecular flexibility index (Phi) is 4.40. The Morgan fingerprint density at radius 1 is 1.32 bits per heavy atom. The Balaban J connectivity index is 2.28. The van der Waals surface area contributed by atoms with Gasteiger partial charge in [-0.1, -0.05) is 23.2 Å². The summed E-state index contributed by atoms with van der Waals surface area (Å²) in [7, 11) is 1.50. The second-order valence-corrected chi connectivity index (χ2v) is 4.76.